The van der Waals surface area contributed by atoms with Gasteiger partial charge in [-0.1, -0.05) is 30.3 Å². The van der Waals surface area contributed by atoms with Crippen LogP contribution in [0.1, 0.15) is 43.2 Å². The average Bonchev–Trinajstić information content (AvgIpc) is 2.93. The molecule has 0 spiro atoms. The van der Waals surface area contributed by atoms with Gasteiger partial charge in [-0.05, 0) is 61.6 Å². The zero-order chi connectivity index (χ0) is 25.6. The highest BCUT2D eigenvalue weighted by atomic mass is 16.2. The van der Waals surface area contributed by atoms with E-state index in [1.165, 1.54) is 24.8 Å². The number of benzene rings is 2. The number of carbonyl (C=O) groups excluding carboxylic acids is 2. The van der Waals surface area contributed by atoms with E-state index in [4.69, 9.17) is 4.98 Å². The van der Waals surface area contributed by atoms with Crippen LogP contribution in [0.15, 0.2) is 54.6 Å². The van der Waals surface area contributed by atoms with Crippen molar-refractivity contribution >= 4 is 34.2 Å². The first-order chi connectivity index (χ1) is 18.0. The lowest BCUT2D eigenvalue weighted by molar-refractivity contribution is -0.134. The Labute approximate surface area is 219 Å². The zero-order valence-electron chi connectivity index (χ0n) is 21.8. The van der Waals surface area contributed by atoms with Crippen molar-refractivity contribution in [1.29, 1.82) is 0 Å². The van der Waals surface area contributed by atoms with E-state index in [2.05, 4.69) is 52.4 Å². The molecule has 37 heavy (non-hydrogen) atoms. The molecule has 1 aromatic heterocycles. The summed E-state index contributed by atoms with van der Waals surface area (Å²) in [5.41, 5.74) is 4.14. The van der Waals surface area contributed by atoms with E-state index < -0.39 is 0 Å². The molecule has 2 aliphatic heterocycles. The minimum atomic E-state index is -0.133. The van der Waals surface area contributed by atoms with Gasteiger partial charge in [0.1, 0.15) is 5.82 Å². The summed E-state index contributed by atoms with van der Waals surface area (Å²) >= 11 is 0. The summed E-state index contributed by atoms with van der Waals surface area (Å²) in [7, 11) is 0. The van der Waals surface area contributed by atoms with E-state index in [1.54, 1.807) is 0 Å². The summed E-state index contributed by atoms with van der Waals surface area (Å²) in [4.78, 5) is 36.8. The molecule has 1 N–H and O–H groups in total. The number of nitrogens with one attached hydrogen (secondary N) is 1. The third-order valence-corrected chi connectivity index (χ3v) is 7.51. The monoisotopic (exact) mass is 499 g/mol. The first kappa shape index (κ1) is 25.2. The molecule has 2 aliphatic rings. The molecule has 7 heteroatoms. The lowest BCUT2D eigenvalue weighted by atomic mass is 10.1. The number of nitrogens with zero attached hydrogens (tertiary/aromatic N) is 4. The van der Waals surface area contributed by atoms with Gasteiger partial charge in [0.2, 0.25) is 11.8 Å². The lowest BCUT2D eigenvalue weighted by Crippen LogP contribution is -2.48. The molecule has 2 aromatic carbocycles. The fourth-order valence-corrected chi connectivity index (χ4v) is 5.34. The standard InChI is InChI=1S/C30H37N5O2/c1-23-20-28(34-14-6-3-7-15-34)32-27-11-10-25(21-26(23)27)31-29(36)12-13-30(37)35-18-16-33(17-19-35)22-24-8-4-2-5-9-24/h2,4-5,8-11,20-21H,3,6-7,12-19,22H2,1H3,(H,31,36). The number of amides is 2. The predicted octanol–water partition coefficient (Wildman–Crippen LogP) is 4.60. The van der Waals surface area contributed by atoms with Crippen LogP contribution in [0.5, 0.6) is 0 Å². The number of aromatic nitrogens is 1. The molecule has 0 bridgehead atoms. The Balaban J connectivity index is 1.10. The Hall–Kier alpha value is -3.45. The minimum absolute atomic E-state index is 0.0540. The van der Waals surface area contributed by atoms with Crippen LogP contribution in [-0.4, -0.2) is 65.9 Å². The minimum Gasteiger partial charge on any atom is -0.357 e. The van der Waals surface area contributed by atoms with E-state index in [9.17, 15) is 9.59 Å². The quantitative estimate of drug-likeness (QED) is 0.515. The fraction of sp³-hybridized carbons (Fsp3) is 0.433. The second-order valence-electron chi connectivity index (χ2n) is 10.3. The number of pyridine rings is 1. The zero-order valence-corrected chi connectivity index (χ0v) is 21.8. The average molecular weight is 500 g/mol. The first-order valence-corrected chi connectivity index (χ1v) is 13.6. The molecule has 2 saturated heterocycles. The van der Waals surface area contributed by atoms with Gasteiger partial charge in [0.15, 0.2) is 0 Å². The molecule has 3 heterocycles. The van der Waals surface area contributed by atoms with Gasteiger partial charge in [0.05, 0.1) is 5.52 Å². The summed E-state index contributed by atoms with van der Waals surface area (Å²) in [6.07, 6.45) is 4.15. The molecule has 194 valence electrons. The molecule has 5 rings (SSSR count). The van der Waals surface area contributed by atoms with Crippen molar-refractivity contribution in [1.82, 2.24) is 14.8 Å². The SMILES string of the molecule is Cc1cc(N2CCCCC2)nc2ccc(NC(=O)CCC(=O)N3CCN(Cc4ccccc4)CC3)cc12. The maximum absolute atomic E-state index is 12.7. The maximum atomic E-state index is 12.7. The van der Waals surface area contributed by atoms with Crippen LogP contribution in [0.4, 0.5) is 11.5 Å². The lowest BCUT2D eigenvalue weighted by Gasteiger charge is -2.34. The first-order valence-electron chi connectivity index (χ1n) is 13.6. The number of piperidine rings is 1. The molecule has 0 saturated carbocycles. The molecule has 2 amide bonds. The third-order valence-electron chi connectivity index (χ3n) is 7.51. The van der Waals surface area contributed by atoms with Crippen molar-refractivity contribution in [2.45, 2.75) is 45.6 Å². The van der Waals surface area contributed by atoms with E-state index in [-0.39, 0.29) is 24.7 Å². The van der Waals surface area contributed by atoms with Crippen LogP contribution in [-0.2, 0) is 16.1 Å². The van der Waals surface area contributed by atoms with Gasteiger partial charge >= 0.3 is 0 Å². The highest BCUT2D eigenvalue weighted by molar-refractivity contribution is 5.96. The molecule has 3 aromatic rings. The summed E-state index contributed by atoms with van der Waals surface area (Å²) < 4.78 is 0. The Morgan fingerprint density at radius 1 is 0.865 bits per heavy atom. The van der Waals surface area contributed by atoms with E-state index in [1.807, 2.05) is 29.2 Å². The molecular formula is C30H37N5O2. The van der Waals surface area contributed by atoms with Crippen molar-refractivity contribution in [3.05, 3.63) is 65.7 Å². The van der Waals surface area contributed by atoms with Crippen molar-refractivity contribution in [3.63, 3.8) is 0 Å². The van der Waals surface area contributed by atoms with E-state index in [0.717, 1.165) is 60.7 Å². The molecule has 2 fully saturated rings. The van der Waals surface area contributed by atoms with Crippen molar-refractivity contribution in [2.24, 2.45) is 0 Å². The van der Waals surface area contributed by atoms with Gasteiger partial charge < -0.3 is 15.1 Å². The topological polar surface area (TPSA) is 68.8 Å². The summed E-state index contributed by atoms with van der Waals surface area (Å²) in [5.74, 6) is 0.963. The molecular weight excluding hydrogens is 462 g/mol. The number of piperazine rings is 1. The number of hydrogen-bond acceptors (Lipinski definition) is 5. The van der Waals surface area contributed by atoms with Crippen molar-refractivity contribution < 1.29 is 9.59 Å². The molecule has 0 atom stereocenters. The van der Waals surface area contributed by atoms with Crippen LogP contribution in [0.2, 0.25) is 0 Å². The van der Waals surface area contributed by atoms with Gasteiger partial charge in [0, 0.05) is 69.7 Å². The van der Waals surface area contributed by atoms with Crippen molar-refractivity contribution in [2.75, 3.05) is 49.5 Å². The van der Waals surface area contributed by atoms with E-state index in [0.29, 0.717) is 13.1 Å². The highest BCUT2D eigenvalue weighted by Crippen LogP contribution is 2.27. The van der Waals surface area contributed by atoms with E-state index >= 15 is 0 Å². The van der Waals surface area contributed by atoms with Gasteiger partial charge in [-0.15, -0.1) is 0 Å². The molecule has 0 unspecified atom stereocenters. The van der Waals surface area contributed by atoms with Crippen LogP contribution < -0.4 is 10.2 Å². The Kier molecular flexibility index (Phi) is 7.99. The number of anilines is 2. The largest absolute Gasteiger partial charge is 0.357 e. The number of fused-ring (bicyclic) bond motifs is 1. The predicted molar refractivity (Wildman–Crippen MR) is 149 cm³/mol. The summed E-state index contributed by atoms with van der Waals surface area (Å²) in [6, 6.07) is 18.4. The summed E-state index contributed by atoms with van der Waals surface area (Å²) in [6.45, 7) is 8.27. The maximum Gasteiger partial charge on any atom is 0.224 e. The van der Waals surface area contributed by atoms with Crippen LogP contribution in [0, 0.1) is 6.92 Å². The summed E-state index contributed by atoms with van der Waals surface area (Å²) in [5, 5.41) is 4.02. The van der Waals surface area contributed by atoms with Gasteiger partial charge in [-0.2, -0.15) is 0 Å². The number of rotatable bonds is 7. The number of hydrogen-bond donors (Lipinski definition) is 1. The smallest absolute Gasteiger partial charge is 0.224 e. The molecule has 0 radical (unpaired) electrons. The number of aryl methyl sites for hydroxylation is 1. The van der Waals surface area contributed by atoms with Crippen LogP contribution >= 0.6 is 0 Å². The van der Waals surface area contributed by atoms with Gasteiger partial charge in [-0.25, -0.2) is 4.98 Å². The Morgan fingerprint density at radius 3 is 2.38 bits per heavy atom. The molecule has 0 aliphatic carbocycles. The van der Waals surface area contributed by atoms with Gasteiger partial charge in [-0.3, -0.25) is 14.5 Å². The highest BCUT2D eigenvalue weighted by Gasteiger charge is 2.21. The second-order valence-corrected chi connectivity index (χ2v) is 10.3. The van der Waals surface area contributed by atoms with Gasteiger partial charge in [0.25, 0.3) is 0 Å². The normalized spacial score (nSPS) is 16.7. The van der Waals surface area contributed by atoms with Crippen molar-refractivity contribution in [3.8, 4) is 0 Å². The van der Waals surface area contributed by atoms with Crippen LogP contribution in [0.3, 0.4) is 0 Å². The third kappa shape index (κ3) is 6.46. The molecule has 7 nitrogen and oxygen atoms in total. The van der Waals surface area contributed by atoms with Crippen LogP contribution in [0.25, 0.3) is 10.9 Å². The Bertz CT molecular complexity index is 1230. The second kappa shape index (κ2) is 11.7. The Morgan fingerprint density at radius 2 is 1.62 bits per heavy atom. The number of carbonyl (C=O) groups is 2. The fourth-order valence-electron chi connectivity index (χ4n) is 5.34.